The number of methoxy groups -OCH3 is 1. The molecule has 2 amide bonds. The van der Waals surface area contributed by atoms with Crippen molar-refractivity contribution >= 4 is 11.7 Å². The number of anilines is 1. The third kappa shape index (κ3) is 5.91. The smallest absolute Gasteiger partial charge is 0.320 e. The lowest BCUT2D eigenvalue weighted by atomic mass is 10.1. The summed E-state index contributed by atoms with van der Waals surface area (Å²) in [6.07, 6.45) is 2.58. The lowest BCUT2D eigenvalue weighted by Gasteiger charge is -2.09. The Labute approximate surface area is 154 Å². The third-order valence-electron chi connectivity index (χ3n) is 3.45. The highest BCUT2D eigenvalue weighted by atomic mass is 16.5. The molecule has 5 heteroatoms. The van der Waals surface area contributed by atoms with Crippen molar-refractivity contribution in [3.05, 3.63) is 66.7 Å². The standard InChI is InChI=1S/C21H22N2O3/c1-3-10-17-11-4-6-13-19(17)26-16-9-8-15-22-21(24)23-18-12-5-7-14-20(18)25-2/h3-7,11-14H,1,10,15-16H2,2H3,(H2,22,23,24). The molecule has 2 aromatic carbocycles. The first-order valence-electron chi connectivity index (χ1n) is 8.19. The maximum Gasteiger partial charge on any atom is 0.320 e. The lowest BCUT2D eigenvalue weighted by molar-refractivity contribution is 0.253. The number of rotatable bonds is 7. The molecule has 0 atom stereocenters. The van der Waals surface area contributed by atoms with Crippen molar-refractivity contribution in [2.45, 2.75) is 6.42 Å². The summed E-state index contributed by atoms with van der Waals surface area (Å²) in [6, 6.07) is 14.6. The molecule has 2 N–H and O–H groups in total. The van der Waals surface area contributed by atoms with Gasteiger partial charge in [0.05, 0.1) is 19.3 Å². The first kappa shape index (κ1) is 18.9. The largest absolute Gasteiger partial charge is 0.495 e. The van der Waals surface area contributed by atoms with Crippen LogP contribution in [0, 0.1) is 11.8 Å². The van der Waals surface area contributed by atoms with Crippen LogP contribution in [0.1, 0.15) is 5.56 Å². The minimum Gasteiger partial charge on any atom is -0.495 e. The van der Waals surface area contributed by atoms with Gasteiger partial charge in [0.1, 0.15) is 18.1 Å². The third-order valence-corrected chi connectivity index (χ3v) is 3.45. The molecule has 2 rings (SSSR count). The molecule has 0 saturated carbocycles. The number of amides is 2. The molecule has 0 heterocycles. The molecule has 0 unspecified atom stereocenters. The predicted octanol–water partition coefficient (Wildman–Crippen LogP) is 3.63. The zero-order chi connectivity index (χ0) is 18.6. The van der Waals surface area contributed by atoms with Crippen molar-refractivity contribution in [2.24, 2.45) is 0 Å². The summed E-state index contributed by atoms with van der Waals surface area (Å²) < 4.78 is 10.8. The summed E-state index contributed by atoms with van der Waals surface area (Å²) >= 11 is 0. The van der Waals surface area contributed by atoms with Gasteiger partial charge in [-0.1, -0.05) is 48.2 Å². The number of carbonyl (C=O) groups excluding carboxylic acids is 1. The summed E-state index contributed by atoms with van der Waals surface area (Å²) in [7, 11) is 1.55. The Balaban J connectivity index is 1.75. The Morgan fingerprint density at radius 2 is 1.85 bits per heavy atom. The van der Waals surface area contributed by atoms with Gasteiger partial charge >= 0.3 is 6.03 Å². The van der Waals surface area contributed by atoms with E-state index in [-0.39, 0.29) is 19.2 Å². The number of urea groups is 1. The zero-order valence-corrected chi connectivity index (χ0v) is 14.7. The fourth-order valence-electron chi connectivity index (χ4n) is 2.24. The predicted molar refractivity (Wildman–Crippen MR) is 104 cm³/mol. The molecule has 0 saturated heterocycles. The number of para-hydroxylation sites is 3. The van der Waals surface area contributed by atoms with Crippen LogP contribution < -0.4 is 20.1 Å². The number of hydrogen-bond donors (Lipinski definition) is 2. The molecule has 0 bridgehead atoms. The average molecular weight is 350 g/mol. The number of nitrogens with one attached hydrogen (secondary N) is 2. The molecule has 5 nitrogen and oxygen atoms in total. The molecule has 134 valence electrons. The molecule has 2 aromatic rings. The maximum absolute atomic E-state index is 11.9. The van der Waals surface area contributed by atoms with Crippen LogP contribution in [0.4, 0.5) is 10.5 Å². The van der Waals surface area contributed by atoms with Crippen molar-refractivity contribution in [3.8, 4) is 23.3 Å². The minimum absolute atomic E-state index is 0.221. The number of carbonyl (C=O) groups is 1. The van der Waals surface area contributed by atoms with Gasteiger partial charge in [-0.3, -0.25) is 0 Å². The van der Waals surface area contributed by atoms with Gasteiger partial charge in [0.15, 0.2) is 0 Å². The van der Waals surface area contributed by atoms with E-state index < -0.39 is 0 Å². The summed E-state index contributed by atoms with van der Waals surface area (Å²) in [5.41, 5.74) is 1.67. The van der Waals surface area contributed by atoms with E-state index in [1.165, 1.54) is 0 Å². The quantitative estimate of drug-likeness (QED) is 0.592. The summed E-state index contributed by atoms with van der Waals surface area (Å²) in [5.74, 6) is 7.13. The Morgan fingerprint density at radius 3 is 2.62 bits per heavy atom. The van der Waals surface area contributed by atoms with Crippen LogP contribution >= 0.6 is 0 Å². The second kappa shape index (κ2) is 10.5. The van der Waals surface area contributed by atoms with Crippen molar-refractivity contribution in [1.29, 1.82) is 0 Å². The molecular weight excluding hydrogens is 328 g/mol. The minimum atomic E-state index is -0.346. The highest BCUT2D eigenvalue weighted by Gasteiger charge is 2.05. The van der Waals surface area contributed by atoms with Gasteiger partial charge in [0.25, 0.3) is 0 Å². The normalized spacial score (nSPS) is 9.42. The molecule has 0 spiro atoms. The molecule has 0 aliphatic rings. The Kier molecular flexibility index (Phi) is 7.63. The first-order valence-corrected chi connectivity index (χ1v) is 8.19. The van der Waals surface area contributed by atoms with Crippen LogP contribution in [0.25, 0.3) is 0 Å². The summed E-state index contributed by atoms with van der Waals surface area (Å²) in [6.45, 7) is 4.21. The number of ether oxygens (including phenoxy) is 2. The van der Waals surface area contributed by atoms with E-state index in [2.05, 4.69) is 29.1 Å². The number of allylic oxidation sites excluding steroid dienone is 1. The average Bonchev–Trinajstić information content (AvgIpc) is 2.66. The van der Waals surface area contributed by atoms with E-state index in [0.29, 0.717) is 11.4 Å². The number of hydrogen-bond acceptors (Lipinski definition) is 3. The monoisotopic (exact) mass is 350 g/mol. The second-order valence-corrected chi connectivity index (χ2v) is 5.25. The van der Waals surface area contributed by atoms with Crippen LogP contribution in [0.5, 0.6) is 11.5 Å². The maximum atomic E-state index is 11.9. The topological polar surface area (TPSA) is 59.6 Å². The second-order valence-electron chi connectivity index (χ2n) is 5.25. The Morgan fingerprint density at radius 1 is 1.12 bits per heavy atom. The van der Waals surface area contributed by atoms with Crippen LogP contribution in [0.2, 0.25) is 0 Å². The van der Waals surface area contributed by atoms with E-state index >= 15 is 0 Å². The molecule has 0 aliphatic carbocycles. The van der Waals surface area contributed by atoms with E-state index in [1.54, 1.807) is 19.2 Å². The number of benzene rings is 2. The molecule has 0 aliphatic heterocycles. The van der Waals surface area contributed by atoms with Crippen molar-refractivity contribution in [2.75, 3.05) is 25.6 Å². The molecular formula is C21H22N2O3. The molecule has 0 radical (unpaired) electrons. The van der Waals surface area contributed by atoms with Crippen LogP contribution in [-0.4, -0.2) is 26.3 Å². The Bertz CT molecular complexity index is 806. The van der Waals surface area contributed by atoms with Crippen LogP contribution in [0.3, 0.4) is 0 Å². The van der Waals surface area contributed by atoms with E-state index in [1.807, 2.05) is 42.5 Å². The highest BCUT2D eigenvalue weighted by Crippen LogP contribution is 2.22. The highest BCUT2D eigenvalue weighted by molar-refractivity contribution is 5.91. The summed E-state index contributed by atoms with van der Waals surface area (Å²) in [5, 5.41) is 5.38. The van der Waals surface area contributed by atoms with Crippen LogP contribution in [0.15, 0.2) is 61.2 Å². The lowest BCUT2D eigenvalue weighted by Crippen LogP contribution is -2.29. The zero-order valence-electron chi connectivity index (χ0n) is 14.7. The van der Waals surface area contributed by atoms with E-state index in [9.17, 15) is 4.79 Å². The van der Waals surface area contributed by atoms with Gasteiger partial charge in [0.2, 0.25) is 0 Å². The van der Waals surface area contributed by atoms with E-state index in [4.69, 9.17) is 9.47 Å². The van der Waals surface area contributed by atoms with Gasteiger partial charge < -0.3 is 20.1 Å². The van der Waals surface area contributed by atoms with Gasteiger partial charge in [-0.25, -0.2) is 4.79 Å². The van der Waals surface area contributed by atoms with E-state index in [0.717, 1.165) is 17.7 Å². The SMILES string of the molecule is C=CCc1ccccc1OCC#CCNC(=O)Nc1ccccc1OC. The van der Waals surface area contributed by atoms with Crippen molar-refractivity contribution in [1.82, 2.24) is 5.32 Å². The van der Waals surface area contributed by atoms with Crippen molar-refractivity contribution < 1.29 is 14.3 Å². The van der Waals surface area contributed by atoms with Gasteiger partial charge in [-0.05, 0) is 30.2 Å². The summed E-state index contributed by atoms with van der Waals surface area (Å²) in [4.78, 5) is 11.9. The molecule has 0 fully saturated rings. The molecule has 26 heavy (non-hydrogen) atoms. The first-order chi connectivity index (χ1) is 12.7. The van der Waals surface area contributed by atoms with Gasteiger partial charge in [-0.2, -0.15) is 0 Å². The van der Waals surface area contributed by atoms with Crippen LogP contribution in [-0.2, 0) is 6.42 Å². The van der Waals surface area contributed by atoms with Crippen molar-refractivity contribution in [3.63, 3.8) is 0 Å². The Hall–Kier alpha value is -3.39. The fraction of sp³-hybridized carbons (Fsp3) is 0.190. The van der Waals surface area contributed by atoms with Gasteiger partial charge in [-0.15, -0.1) is 6.58 Å². The molecule has 0 aromatic heterocycles. The van der Waals surface area contributed by atoms with Gasteiger partial charge in [0, 0.05) is 0 Å². The fourth-order valence-corrected chi connectivity index (χ4v) is 2.24.